The van der Waals surface area contributed by atoms with Crippen molar-refractivity contribution < 1.29 is 18.0 Å². The molecule has 9 heteroatoms. The van der Waals surface area contributed by atoms with Crippen molar-refractivity contribution in [2.75, 3.05) is 18.0 Å². The molecule has 33 heavy (non-hydrogen) atoms. The van der Waals surface area contributed by atoms with E-state index < -0.39 is 18.0 Å². The molecule has 174 valence electrons. The van der Waals surface area contributed by atoms with Crippen LogP contribution in [0.5, 0.6) is 0 Å². The third-order valence-corrected chi connectivity index (χ3v) is 6.99. The fourth-order valence-electron chi connectivity index (χ4n) is 5.19. The van der Waals surface area contributed by atoms with Crippen LogP contribution in [0.15, 0.2) is 42.5 Å². The molecule has 1 saturated heterocycles. The quantitative estimate of drug-likeness (QED) is 0.550. The monoisotopic (exact) mass is 476 g/mol. The summed E-state index contributed by atoms with van der Waals surface area (Å²) in [7, 11) is 0. The van der Waals surface area contributed by atoms with Gasteiger partial charge < -0.3 is 14.8 Å². The number of benzene rings is 2. The Kier molecular flexibility index (Phi) is 5.61. The number of halogens is 4. The summed E-state index contributed by atoms with van der Waals surface area (Å²) in [5.74, 6) is 0.598. The average molecular weight is 477 g/mol. The van der Waals surface area contributed by atoms with E-state index in [1.807, 2.05) is 24.3 Å². The van der Waals surface area contributed by atoms with E-state index in [-0.39, 0.29) is 25.4 Å². The van der Waals surface area contributed by atoms with Crippen LogP contribution in [0.4, 0.5) is 18.9 Å². The van der Waals surface area contributed by atoms with Gasteiger partial charge in [0, 0.05) is 23.7 Å². The molecule has 0 atom stereocenters. The van der Waals surface area contributed by atoms with E-state index in [1.165, 1.54) is 0 Å². The normalized spacial score (nSPS) is 17.8. The predicted molar refractivity (Wildman–Crippen MR) is 121 cm³/mol. The van der Waals surface area contributed by atoms with Crippen molar-refractivity contribution in [2.24, 2.45) is 0 Å². The minimum atomic E-state index is -4.22. The molecule has 3 heterocycles. The first-order valence-electron chi connectivity index (χ1n) is 11.1. The Labute approximate surface area is 194 Å². The molecule has 0 bridgehead atoms. The topological polar surface area (TPSA) is 50.2 Å². The molecular weight excluding hydrogens is 453 g/mol. The van der Waals surface area contributed by atoms with Gasteiger partial charge in [-0.3, -0.25) is 4.79 Å². The molecule has 5 rings (SSSR count). The molecule has 1 amide bonds. The van der Waals surface area contributed by atoms with Crippen molar-refractivity contribution >= 4 is 34.2 Å². The summed E-state index contributed by atoms with van der Waals surface area (Å²) in [6.07, 6.45) is -3.72. The number of carbonyl (C=O) groups is 1. The number of hydrogen-bond acceptors (Lipinski definition) is 3. The predicted octanol–water partition coefficient (Wildman–Crippen LogP) is 5.20. The zero-order valence-corrected chi connectivity index (χ0v) is 18.7. The second-order valence-electron chi connectivity index (χ2n) is 8.77. The first-order chi connectivity index (χ1) is 15.8. The van der Waals surface area contributed by atoms with E-state index in [0.717, 1.165) is 37.2 Å². The lowest BCUT2D eigenvalue weighted by molar-refractivity contribution is -0.135. The molecule has 0 saturated carbocycles. The van der Waals surface area contributed by atoms with Gasteiger partial charge in [-0.15, -0.1) is 0 Å². The Morgan fingerprint density at radius 3 is 2.64 bits per heavy atom. The molecule has 0 unspecified atom stereocenters. The number of carbonyl (C=O) groups excluding carboxylic acids is 1. The lowest BCUT2D eigenvalue weighted by Gasteiger charge is -2.33. The highest BCUT2D eigenvalue weighted by Gasteiger charge is 2.51. The SMILES string of the molecule is O=C1N(Cc2nc3cc(Cl)ccc3n2CCCC(F)(F)F)c2ccccc2C12CCNCC2. The lowest BCUT2D eigenvalue weighted by Crippen LogP contribution is -2.47. The number of anilines is 1. The van der Waals surface area contributed by atoms with Gasteiger partial charge in [-0.25, -0.2) is 4.98 Å². The summed E-state index contributed by atoms with van der Waals surface area (Å²) in [4.78, 5) is 20.2. The van der Waals surface area contributed by atoms with Crippen LogP contribution in [-0.2, 0) is 23.3 Å². The number of aryl methyl sites for hydroxylation is 1. The van der Waals surface area contributed by atoms with Gasteiger partial charge in [-0.1, -0.05) is 29.8 Å². The summed E-state index contributed by atoms with van der Waals surface area (Å²) in [6.45, 7) is 1.89. The van der Waals surface area contributed by atoms with Crippen molar-refractivity contribution in [2.45, 2.75) is 50.4 Å². The number of aromatic nitrogens is 2. The molecule has 1 N–H and O–H groups in total. The van der Waals surface area contributed by atoms with Gasteiger partial charge >= 0.3 is 6.18 Å². The standard InChI is InChI=1S/C24H24ClF3N4O/c25-16-6-7-20-18(14-16)30-21(31(20)13-3-8-24(26,27)28)15-32-19-5-2-1-4-17(19)23(22(32)33)9-11-29-12-10-23/h1-2,4-7,14,29H,3,8-13,15H2. The van der Waals surface area contributed by atoms with Crippen molar-refractivity contribution in [3.63, 3.8) is 0 Å². The third-order valence-electron chi connectivity index (χ3n) is 6.75. The fourth-order valence-corrected chi connectivity index (χ4v) is 5.36. The van der Waals surface area contributed by atoms with Gasteiger partial charge in [0.2, 0.25) is 5.91 Å². The number of nitrogens with one attached hydrogen (secondary N) is 1. The molecule has 1 spiro atoms. The van der Waals surface area contributed by atoms with E-state index >= 15 is 0 Å². The molecule has 0 radical (unpaired) electrons. The Morgan fingerprint density at radius 1 is 1.12 bits per heavy atom. The van der Waals surface area contributed by atoms with E-state index in [9.17, 15) is 18.0 Å². The number of fused-ring (bicyclic) bond motifs is 3. The molecule has 1 aromatic heterocycles. The van der Waals surface area contributed by atoms with Gasteiger partial charge in [-0.05, 0) is 62.2 Å². The van der Waals surface area contributed by atoms with Crippen LogP contribution in [0.3, 0.4) is 0 Å². The zero-order chi connectivity index (χ0) is 23.2. The molecule has 5 nitrogen and oxygen atoms in total. The highest BCUT2D eigenvalue weighted by atomic mass is 35.5. The highest BCUT2D eigenvalue weighted by Crippen LogP contribution is 2.47. The Balaban J connectivity index is 1.52. The highest BCUT2D eigenvalue weighted by molar-refractivity contribution is 6.31. The molecular formula is C24H24ClF3N4O. The van der Waals surface area contributed by atoms with Crippen LogP contribution in [-0.4, -0.2) is 34.7 Å². The fraction of sp³-hybridized carbons (Fsp3) is 0.417. The van der Waals surface area contributed by atoms with Crippen molar-refractivity contribution in [1.82, 2.24) is 14.9 Å². The van der Waals surface area contributed by atoms with Gasteiger partial charge in [0.25, 0.3) is 0 Å². The number of piperidine rings is 1. The Morgan fingerprint density at radius 2 is 1.88 bits per heavy atom. The number of nitrogens with zero attached hydrogens (tertiary/aromatic N) is 3. The van der Waals surface area contributed by atoms with E-state index in [1.54, 1.807) is 27.7 Å². The first-order valence-corrected chi connectivity index (χ1v) is 11.5. The first kappa shape index (κ1) is 22.2. The smallest absolute Gasteiger partial charge is 0.326 e. The van der Waals surface area contributed by atoms with Crippen molar-refractivity contribution in [3.8, 4) is 0 Å². The molecule has 2 aromatic carbocycles. The van der Waals surface area contributed by atoms with Crippen molar-refractivity contribution in [1.29, 1.82) is 0 Å². The Bertz CT molecular complexity index is 1200. The number of alkyl halides is 3. The zero-order valence-electron chi connectivity index (χ0n) is 18.0. The van der Waals surface area contributed by atoms with E-state index in [2.05, 4.69) is 10.3 Å². The van der Waals surface area contributed by atoms with Crippen LogP contribution in [0.25, 0.3) is 11.0 Å². The minimum Gasteiger partial charge on any atom is -0.326 e. The van der Waals surface area contributed by atoms with Crippen LogP contribution in [0.1, 0.15) is 37.1 Å². The molecule has 2 aliphatic heterocycles. The summed E-state index contributed by atoms with van der Waals surface area (Å²) in [6, 6.07) is 13.0. The molecule has 2 aliphatic rings. The summed E-state index contributed by atoms with van der Waals surface area (Å²) < 4.78 is 40.2. The molecule has 3 aromatic rings. The maximum Gasteiger partial charge on any atom is 0.389 e. The van der Waals surface area contributed by atoms with Gasteiger partial charge in [0.15, 0.2) is 0 Å². The number of rotatable bonds is 5. The lowest BCUT2D eigenvalue weighted by atomic mass is 9.74. The molecule has 1 fully saturated rings. The maximum absolute atomic E-state index is 13.8. The van der Waals surface area contributed by atoms with Gasteiger partial charge in [-0.2, -0.15) is 13.2 Å². The minimum absolute atomic E-state index is 0.0390. The van der Waals surface area contributed by atoms with Crippen LogP contribution >= 0.6 is 11.6 Å². The summed E-state index contributed by atoms with van der Waals surface area (Å²) >= 11 is 6.13. The second kappa shape index (κ2) is 8.33. The van der Waals surface area contributed by atoms with Crippen LogP contribution in [0.2, 0.25) is 5.02 Å². The summed E-state index contributed by atoms with van der Waals surface area (Å²) in [5, 5.41) is 3.83. The maximum atomic E-state index is 13.8. The number of imidazole rings is 1. The average Bonchev–Trinajstić information content (AvgIpc) is 3.22. The second-order valence-corrected chi connectivity index (χ2v) is 9.21. The summed E-state index contributed by atoms with van der Waals surface area (Å²) in [5.41, 5.74) is 2.66. The van der Waals surface area contributed by atoms with Gasteiger partial charge in [0.1, 0.15) is 5.82 Å². The number of para-hydroxylation sites is 1. The van der Waals surface area contributed by atoms with Crippen LogP contribution < -0.4 is 10.2 Å². The van der Waals surface area contributed by atoms with Gasteiger partial charge in [0.05, 0.1) is 23.0 Å². The van der Waals surface area contributed by atoms with Crippen molar-refractivity contribution in [3.05, 3.63) is 58.9 Å². The van der Waals surface area contributed by atoms with E-state index in [4.69, 9.17) is 11.6 Å². The largest absolute Gasteiger partial charge is 0.389 e. The third kappa shape index (κ3) is 3.99. The molecule has 0 aliphatic carbocycles. The van der Waals surface area contributed by atoms with Crippen LogP contribution in [0, 0.1) is 0 Å². The number of amides is 1. The number of hydrogen-bond donors (Lipinski definition) is 1. The Hall–Kier alpha value is -2.58. The van der Waals surface area contributed by atoms with E-state index in [0.29, 0.717) is 21.9 Å².